The van der Waals surface area contributed by atoms with E-state index in [4.69, 9.17) is 0 Å². The van der Waals surface area contributed by atoms with Crippen molar-refractivity contribution in [2.45, 2.75) is 65.2 Å². The maximum absolute atomic E-state index is 2.38. The van der Waals surface area contributed by atoms with Crippen molar-refractivity contribution >= 4 is 0 Å². The van der Waals surface area contributed by atoms with E-state index in [2.05, 4.69) is 13.8 Å². The van der Waals surface area contributed by atoms with E-state index in [0.717, 1.165) is 0 Å². The molecule has 0 aromatic carbocycles. The number of unbranched alkanes of at least 4 members (excludes halogenated alkanes) is 5. The Morgan fingerprint density at radius 3 is 1.94 bits per heavy atom. The van der Waals surface area contributed by atoms with Crippen LogP contribution in [0.1, 0.15) is 65.2 Å². The molecule has 0 bridgehead atoms. The minimum Gasteiger partial charge on any atom is -1.00 e. The minimum atomic E-state index is 0. The zero-order valence-corrected chi connectivity index (χ0v) is 12.9. The molecule has 98 valence electrons. The van der Waals surface area contributed by atoms with E-state index in [1.807, 2.05) is 0 Å². The summed E-state index contributed by atoms with van der Waals surface area (Å²) in [4.78, 5) is 0. The lowest BCUT2D eigenvalue weighted by molar-refractivity contribution is -0.915. The molecule has 16 heavy (non-hydrogen) atoms. The van der Waals surface area contributed by atoms with E-state index in [-0.39, 0.29) is 17.0 Å². The van der Waals surface area contributed by atoms with Gasteiger partial charge >= 0.3 is 0 Å². The molecule has 1 saturated heterocycles. The molecule has 0 aliphatic carbocycles. The molecule has 0 amide bonds. The summed E-state index contributed by atoms with van der Waals surface area (Å²) >= 11 is 0. The molecule has 1 nitrogen and oxygen atoms in total. The van der Waals surface area contributed by atoms with Gasteiger partial charge in [-0.3, -0.25) is 0 Å². The Morgan fingerprint density at radius 1 is 0.812 bits per heavy atom. The minimum absolute atomic E-state index is 0. The SMILES string of the molecule is CCCCCCCC[N+]1(CC)CCCC1.[Br-]. The van der Waals surface area contributed by atoms with Crippen LogP contribution in [0.4, 0.5) is 0 Å². The van der Waals surface area contributed by atoms with Gasteiger partial charge in [-0.2, -0.15) is 0 Å². The molecule has 0 saturated carbocycles. The average Bonchev–Trinajstić information content (AvgIpc) is 2.73. The van der Waals surface area contributed by atoms with Crippen LogP contribution in [0, 0.1) is 0 Å². The number of halogens is 1. The molecule has 0 atom stereocenters. The zero-order valence-electron chi connectivity index (χ0n) is 11.3. The van der Waals surface area contributed by atoms with Crippen molar-refractivity contribution in [2.24, 2.45) is 0 Å². The van der Waals surface area contributed by atoms with Crippen LogP contribution < -0.4 is 17.0 Å². The quantitative estimate of drug-likeness (QED) is 0.462. The fraction of sp³-hybridized carbons (Fsp3) is 1.00. The van der Waals surface area contributed by atoms with Crippen molar-refractivity contribution in [3.8, 4) is 0 Å². The third-order valence-corrected chi connectivity index (χ3v) is 4.17. The summed E-state index contributed by atoms with van der Waals surface area (Å²) in [5.74, 6) is 0. The Morgan fingerprint density at radius 2 is 1.38 bits per heavy atom. The summed E-state index contributed by atoms with van der Waals surface area (Å²) in [5, 5.41) is 0. The zero-order chi connectivity index (χ0) is 11.0. The van der Waals surface area contributed by atoms with E-state index in [1.165, 1.54) is 82.0 Å². The average molecular weight is 292 g/mol. The number of nitrogens with zero attached hydrogens (tertiary/aromatic N) is 1. The molecule has 0 aromatic rings. The van der Waals surface area contributed by atoms with Crippen LogP contribution in [-0.4, -0.2) is 30.7 Å². The van der Waals surface area contributed by atoms with E-state index in [0.29, 0.717) is 0 Å². The van der Waals surface area contributed by atoms with Crippen LogP contribution in [0.5, 0.6) is 0 Å². The molecule has 1 fully saturated rings. The van der Waals surface area contributed by atoms with Gasteiger partial charge in [0.1, 0.15) is 0 Å². The molecule has 0 radical (unpaired) electrons. The largest absolute Gasteiger partial charge is 1.00 e. The summed E-state index contributed by atoms with van der Waals surface area (Å²) in [6.07, 6.45) is 11.6. The number of hydrogen-bond donors (Lipinski definition) is 0. The van der Waals surface area contributed by atoms with Gasteiger partial charge in [-0.05, 0) is 19.8 Å². The van der Waals surface area contributed by atoms with Crippen molar-refractivity contribution < 1.29 is 21.5 Å². The fourth-order valence-electron chi connectivity index (χ4n) is 2.93. The van der Waals surface area contributed by atoms with Crippen LogP contribution in [-0.2, 0) is 0 Å². The molecule has 0 spiro atoms. The van der Waals surface area contributed by atoms with Crippen LogP contribution in [0.15, 0.2) is 0 Å². The highest BCUT2D eigenvalue weighted by atomic mass is 79.9. The van der Waals surface area contributed by atoms with Crippen LogP contribution in [0.3, 0.4) is 0 Å². The lowest BCUT2D eigenvalue weighted by atomic mass is 10.1. The van der Waals surface area contributed by atoms with E-state index < -0.39 is 0 Å². The molecular formula is C14H30BrN. The Balaban J connectivity index is 0.00000225. The predicted molar refractivity (Wildman–Crippen MR) is 68.0 cm³/mol. The summed E-state index contributed by atoms with van der Waals surface area (Å²) < 4.78 is 1.44. The number of hydrogen-bond acceptors (Lipinski definition) is 0. The van der Waals surface area contributed by atoms with E-state index in [9.17, 15) is 0 Å². The topological polar surface area (TPSA) is 0 Å². The normalized spacial score (nSPS) is 18.4. The molecule has 2 heteroatoms. The second kappa shape index (κ2) is 9.47. The number of quaternary nitrogens is 1. The first-order valence-corrected chi connectivity index (χ1v) is 7.18. The summed E-state index contributed by atoms with van der Waals surface area (Å²) in [7, 11) is 0. The summed E-state index contributed by atoms with van der Waals surface area (Å²) in [6.45, 7) is 10.4. The molecule has 0 aromatic heterocycles. The lowest BCUT2D eigenvalue weighted by Crippen LogP contribution is -3.00. The molecule has 1 heterocycles. The highest BCUT2D eigenvalue weighted by Gasteiger charge is 2.28. The Bertz CT molecular complexity index is 153. The first kappa shape index (κ1) is 16.4. The van der Waals surface area contributed by atoms with Crippen molar-refractivity contribution in [1.82, 2.24) is 0 Å². The molecule has 0 N–H and O–H groups in total. The third kappa shape index (κ3) is 5.67. The molecular weight excluding hydrogens is 262 g/mol. The monoisotopic (exact) mass is 291 g/mol. The highest BCUT2D eigenvalue weighted by molar-refractivity contribution is 4.54. The molecule has 1 aliphatic rings. The standard InChI is InChI=1S/C14H30N.BrH/c1-3-5-6-7-8-9-12-15(4-2)13-10-11-14-15;/h3-14H2,1-2H3;1H/q+1;/p-1. The Kier molecular flexibility index (Phi) is 9.73. The Hall–Kier alpha value is 0.440. The highest BCUT2D eigenvalue weighted by Crippen LogP contribution is 2.20. The van der Waals surface area contributed by atoms with Crippen molar-refractivity contribution in [1.29, 1.82) is 0 Å². The van der Waals surface area contributed by atoms with Gasteiger partial charge in [-0.25, -0.2) is 0 Å². The van der Waals surface area contributed by atoms with Crippen molar-refractivity contribution in [3.63, 3.8) is 0 Å². The van der Waals surface area contributed by atoms with E-state index in [1.54, 1.807) is 0 Å². The molecule has 1 aliphatic heterocycles. The summed E-state index contributed by atoms with van der Waals surface area (Å²) in [5.41, 5.74) is 0. The van der Waals surface area contributed by atoms with Gasteiger partial charge in [0.15, 0.2) is 0 Å². The van der Waals surface area contributed by atoms with Crippen molar-refractivity contribution in [2.75, 3.05) is 26.2 Å². The number of likely N-dealkylation sites (tertiary alicyclic amines) is 1. The van der Waals surface area contributed by atoms with Gasteiger partial charge < -0.3 is 21.5 Å². The Labute approximate surface area is 113 Å². The first-order valence-electron chi connectivity index (χ1n) is 7.18. The van der Waals surface area contributed by atoms with Crippen LogP contribution in [0.25, 0.3) is 0 Å². The van der Waals surface area contributed by atoms with Crippen LogP contribution in [0.2, 0.25) is 0 Å². The van der Waals surface area contributed by atoms with E-state index >= 15 is 0 Å². The van der Waals surface area contributed by atoms with Crippen molar-refractivity contribution in [3.05, 3.63) is 0 Å². The maximum atomic E-state index is 2.38. The van der Waals surface area contributed by atoms with Gasteiger partial charge in [0.25, 0.3) is 0 Å². The second-order valence-electron chi connectivity index (χ2n) is 5.30. The van der Waals surface area contributed by atoms with Gasteiger partial charge in [0.05, 0.1) is 26.2 Å². The first-order chi connectivity index (χ1) is 7.33. The van der Waals surface area contributed by atoms with Gasteiger partial charge in [0, 0.05) is 12.8 Å². The second-order valence-corrected chi connectivity index (χ2v) is 5.30. The van der Waals surface area contributed by atoms with Gasteiger partial charge in [0.2, 0.25) is 0 Å². The predicted octanol–water partition coefficient (Wildman–Crippen LogP) is 0.981. The number of rotatable bonds is 8. The fourth-order valence-corrected chi connectivity index (χ4v) is 2.93. The van der Waals surface area contributed by atoms with Crippen LogP contribution >= 0.6 is 0 Å². The van der Waals surface area contributed by atoms with Gasteiger partial charge in [-0.1, -0.05) is 32.6 Å². The van der Waals surface area contributed by atoms with Gasteiger partial charge in [-0.15, -0.1) is 0 Å². The molecule has 0 unspecified atom stereocenters. The summed E-state index contributed by atoms with van der Waals surface area (Å²) in [6, 6.07) is 0. The smallest absolute Gasteiger partial charge is 0.0788 e. The third-order valence-electron chi connectivity index (χ3n) is 4.17. The molecule has 1 rings (SSSR count). The lowest BCUT2D eigenvalue weighted by Gasteiger charge is -2.33. The maximum Gasteiger partial charge on any atom is 0.0788 e.